The lowest BCUT2D eigenvalue weighted by molar-refractivity contribution is -0.137. The number of H-pyrrole nitrogens is 1. The lowest BCUT2D eigenvalue weighted by atomic mass is 9.73. The van der Waals surface area contributed by atoms with Crippen molar-refractivity contribution in [2.75, 3.05) is 13.1 Å². The first-order valence-electron chi connectivity index (χ1n) is 22.8. The Morgan fingerprint density at radius 1 is 0.672 bits per heavy atom. The van der Waals surface area contributed by atoms with E-state index in [0.717, 1.165) is 28.6 Å². The first-order chi connectivity index (χ1) is 32.3. The van der Waals surface area contributed by atoms with Crippen molar-refractivity contribution in [2.24, 2.45) is 22.2 Å². The standard InChI is InChI=1S/C49H61N11O7/c50-43(63)37-18-9-10-26-53-41(61)20-21-42(62)60-49(24-22-33(23-25-49)32-14-5-2-6-15-32)47(67)59-39(28-31-12-3-1-4-13-31)45(65)57-38(19-11-27-54-48(51)52)44(64)58-40(46(66)56-37)29-34-30-55-36-17-8-7-16-35(34)36/h1-8,12-17,20-21,30,33,37-40,55H,9-11,18-19,22-29H2,(H2,50,63)(H,53,61)(H,56,66)(H,57,65)(H,58,64)(H,59,67)(H,60,62)(H4,51,52,54)/t33?,37-,38-,39+,40-,49?/m0/s1. The molecule has 6 rings (SSSR count). The molecule has 18 heteroatoms. The second kappa shape index (κ2) is 23.6. The molecule has 354 valence electrons. The van der Waals surface area contributed by atoms with Crippen LogP contribution in [0.5, 0.6) is 0 Å². The Bertz CT molecular complexity index is 2430. The number of nitrogens with one attached hydrogen (secondary N) is 7. The number of nitrogens with two attached hydrogens (primary N) is 3. The fourth-order valence-corrected chi connectivity index (χ4v) is 8.71. The molecule has 4 atom stereocenters. The zero-order valence-corrected chi connectivity index (χ0v) is 37.4. The van der Waals surface area contributed by atoms with Gasteiger partial charge in [0.15, 0.2) is 5.96 Å². The predicted octanol–water partition coefficient (Wildman–Crippen LogP) is 1.50. The third-order valence-electron chi connectivity index (χ3n) is 12.4. The molecule has 2 heterocycles. The molecule has 1 spiro atoms. The number of hydrogen-bond donors (Lipinski definition) is 10. The fraction of sp³-hybridized carbons (Fsp3) is 0.388. The molecular formula is C49H61N11O7. The van der Waals surface area contributed by atoms with Gasteiger partial charge in [-0.1, -0.05) is 78.9 Å². The molecule has 1 aromatic heterocycles. The van der Waals surface area contributed by atoms with Gasteiger partial charge in [-0.2, -0.15) is 0 Å². The minimum absolute atomic E-state index is 0.00704. The van der Waals surface area contributed by atoms with E-state index in [-0.39, 0.29) is 69.9 Å². The highest BCUT2D eigenvalue weighted by Crippen LogP contribution is 2.38. The summed E-state index contributed by atoms with van der Waals surface area (Å²) in [4.78, 5) is 105. The number of nitrogens with zero attached hydrogens (tertiary/aromatic N) is 1. The molecule has 0 unspecified atom stereocenters. The van der Waals surface area contributed by atoms with E-state index >= 15 is 0 Å². The first-order valence-corrected chi connectivity index (χ1v) is 22.8. The molecule has 1 aliphatic carbocycles. The highest BCUT2D eigenvalue weighted by atomic mass is 16.2. The Morgan fingerprint density at radius 2 is 1.30 bits per heavy atom. The molecule has 2 aliphatic rings. The molecule has 7 amide bonds. The average molecular weight is 916 g/mol. The predicted molar refractivity (Wildman–Crippen MR) is 254 cm³/mol. The first kappa shape index (κ1) is 48.9. The smallest absolute Gasteiger partial charge is 0.246 e. The summed E-state index contributed by atoms with van der Waals surface area (Å²) in [6.07, 6.45) is 6.57. The van der Waals surface area contributed by atoms with Crippen molar-refractivity contribution in [3.63, 3.8) is 0 Å². The van der Waals surface area contributed by atoms with Gasteiger partial charge in [0.2, 0.25) is 41.4 Å². The zero-order chi connectivity index (χ0) is 47.8. The van der Waals surface area contributed by atoms with Crippen molar-refractivity contribution in [3.8, 4) is 0 Å². The maximum absolute atomic E-state index is 14.8. The summed E-state index contributed by atoms with van der Waals surface area (Å²) in [7, 11) is 0. The lowest BCUT2D eigenvalue weighted by Crippen LogP contribution is -2.64. The van der Waals surface area contributed by atoms with E-state index in [2.05, 4.69) is 41.9 Å². The Kier molecular flexibility index (Phi) is 17.3. The normalized spacial score (nSPS) is 24.0. The molecule has 3 aromatic carbocycles. The second-order valence-electron chi connectivity index (χ2n) is 17.2. The number of hydrogen-bond acceptors (Lipinski definition) is 8. The van der Waals surface area contributed by atoms with Gasteiger partial charge in [-0.25, -0.2) is 0 Å². The lowest BCUT2D eigenvalue weighted by Gasteiger charge is -2.40. The summed E-state index contributed by atoms with van der Waals surface area (Å²) in [6.45, 7) is 0.304. The third-order valence-corrected chi connectivity index (χ3v) is 12.4. The number of para-hydroxylation sites is 1. The second-order valence-corrected chi connectivity index (χ2v) is 17.2. The van der Waals surface area contributed by atoms with Crippen LogP contribution in [-0.2, 0) is 46.4 Å². The van der Waals surface area contributed by atoms with E-state index in [4.69, 9.17) is 17.2 Å². The van der Waals surface area contributed by atoms with Gasteiger partial charge in [0, 0.05) is 55.2 Å². The molecule has 1 fully saturated rings. The van der Waals surface area contributed by atoms with Crippen molar-refractivity contribution < 1.29 is 33.6 Å². The fourth-order valence-electron chi connectivity index (χ4n) is 8.71. The van der Waals surface area contributed by atoms with Crippen LogP contribution in [0.15, 0.2) is 108 Å². The van der Waals surface area contributed by atoms with Crippen LogP contribution in [0, 0.1) is 0 Å². The molecule has 13 N–H and O–H groups in total. The summed E-state index contributed by atoms with van der Waals surface area (Å²) in [5.41, 5.74) is 18.8. The molecule has 18 nitrogen and oxygen atoms in total. The largest absolute Gasteiger partial charge is 0.370 e. The maximum atomic E-state index is 14.8. The molecule has 0 saturated heterocycles. The van der Waals surface area contributed by atoms with E-state index in [0.29, 0.717) is 36.8 Å². The topological polar surface area (TPSA) is 298 Å². The van der Waals surface area contributed by atoms with E-state index < -0.39 is 71.1 Å². The number of aromatic nitrogens is 1. The van der Waals surface area contributed by atoms with Gasteiger partial charge in [-0.05, 0) is 86.5 Å². The monoisotopic (exact) mass is 915 g/mol. The van der Waals surface area contributed by atoms with Gasteiger partial charge in [0.25, 0.3) is 0 Å². The summed E-state index contributed by atoms with van der Waals surface area (Å²) in [6, 6.07) is 21.4. The van der Waals surface area contributed by atoms with Crippen LogP contribution in [0.2, 0.25) is 0 Å². The van der Waals surface area contributed by atoms with Gasteiger partial charge in [0.1, 0.15) is 29.7 Å². The van der Waals surface area contributed by atoms with Gasteiger partial charge >= 0.3 is 0 Å². The average Bonchev–Trinajstić information content (AvgIpc) is 3.73. The molecule has 4 aromatic rings. The van der Waals surface area contributed by atoms with Crippen LogP contribution in [-0.4, -0.2) is 95.1 Å². The molecular weight excluding hydrogens is 855 g/mol. The van der Waals surface area contributed by atoms with Gasteiger partial charge in [-0.15, -0.1) is 0 Å². The minimum atomic E-state index is -1.47. The van der Waals surface area contributed by atoms with E-state index in [1.807, 2.05) is 60.7 Å². The van der Waals surface area contributed by atoms with E-state index in [1.165, 1.54) is 0 Å². The number of primary amides is 1. The number of fused-ring (bicyclic) bond motifs is 1. The Hall–Kier alpha value is -7.50. The Morgan fingerprint density at radius 3 is 2.01 bits per heavy atom. The van der Waals surface area contributed by atoms with Gasteiger partial charge in [-0.3, -0.25) is 38.6 Å². The summed E-state index contributed by atoms with van der Waals surface area (Å²) < 4.78 is 0. The summed E-state index contributed by atoms with van der Waals surface area (Å²) >= 11 is 0. The molecule has 0 radical (unpaired) electrons. The Labute approximate surface area is 389 Å². The quantitative estimate of drug-likeness (QED) is 0.0626. The zero-order valence-electron chi connectivity index (χ0n) is 37.4. The SMILES string of the molecule is NC(=O)[C@@H]1CCCCNC(=O)C=CC(=O)NC2(CCC(c3ccccc3)CC2)C(=O)N[C@H](Cc2ccccc2)C(=O)N[C@@H](CCCN=C(N)N)C(=O)N[C@@H](Cc2c[nH]c3ccccc23)C(=O)N1. The molecule has 0 bridgehead atoms. The van der Waals surface area contributed by atoms with Crippen LogP contribution in [0.3, 0.4) is 0 Å². The van der Waals surface area contributed by atoms with Crippen LogP contribution >= 0.6 is 0 Å². The number of carbonyl (C=O) groups excluding carboxylic acids is 7. The van der Waals surface area contributed by atoms with Crippen LogP contribution in [0.4, 0.5) is 0 Å². The summed E-state index contributed by atoms with van der Waals surface area (Å²) in [5, 5.41) is 17.7. The number of guanidine groups is 1. The van der Waals surface area contributed by atoms with Gasteiger partial charge < -0.3 is 54.1 Å². The van der Waals surface area contributed by atoms with E-state index in [9.17, 15) is 33.6 Å². The highest BCUT2D eigenvalue weighted by molar-refractivity contribution is 6.01. The Balaban J connectivity index is 1.35. The number of rotatable bonds is 10. The molecule has 1 saturated carbocycles. The van der Waals surface area contributed by atoms with Crippen molar-refractivity contribution in [2.45, 2.75) is 106 Å². The van der Waals surface area contributed by atoms with Gasteiger partial charge in [0.05, 0.1) is 0 Å². The molecule has 67 heavy (non-hydrogen) atoms. The highest BCUT2D eigenvalue weighted by Gasteiger charge is 2.44. The molecule has 1 aliphatic heterocycles. The van der Waals surface area contributed by atoms with Crippen LogP contribution in [0.25, 0.3) is 10.9 Å². The van der Waals surface area contributed by atoms with Crippen molar-refractivity contribution >= 4 is 58.2 Å². The van der Waals surface area contributed by atoms with Crippen LogP contribution in [0.1, 0.15) is 80.4 Å². The van der Waals surface area contributed by atoms with Crippen LogP contribution < -0.4 is 49.1 Å². The number of benzene rings is 3. The number of aromatic amines is 1. The third kappa shape index (κ3) is 14.0. The number of carbonyl (C=O) groups is 7. The van der Waals surface area contributed by atoms with Crippen molar-refractivity contribution in [1.29, 1.82) is 0 Å². The summed E-state index contributed by atoms with van der Waals surface area (Å²) in [5.74, 6) is -4.80. The van der Waals surface area contributed by atoms with Crippen molar-refractivity contribution in [1.82, 2.24) is 36.9 Å². The van der Waals surface area contributed by atoms with E-state index in [1.54, 1.807) is 30.5 Å². The number of aliphatic imine (C=N–C) groups is 1. The maximum Gasteiger partial charge on any atom is 0.246 e. The number of amides is 7. The van der Waals surface area contributed by atoms with Crippen molar-refractivity contribution in [3.05, 3.63) is 120 Å². The minimum Gasteiger partial charge on any atom is -0.370 e.